The van der Waals surface area contributed by atoms with Crippen molar-refractivity contribution in [2.24, 2.45) is 0 Å². The summed E-state index contributed by atoms with van der Waals surface area (Å²) >= 11 is 0. The first kappa shape index (κ1) is 67.0. The van der Waals surface area contributed by atoms with E-state index in [-0.39, 0.29) is 13.2 Å². The maximum atomic E-state index is 9.45. The predicted octanol–water partition coefficient (Wildman–Crippen LogP) is 14.7. The van der Waals surface area contributed by atoms with Crippen molar-refractivity contribution >= 4 is 67.2 Å². The van der Waals surface area contributed by atoms with Gasteiger partial charge in [0.25, 0.3) is 0 Å². The Morgan fingerprint density at radius 3 is 1.13 bits per heavy atom. The number of fused-ring (bicyclic) bond motifs is 3. The van der Waals surface area contributed by atoms with Crippen LogP contribution in [0.3, 0.4) is 0 Å². The number of aliphatic hydroxyl groups excluding tert-OH is 2. The zero-order valence-electron chi connectivity index (χ0n) is 58.5. The van der Waals surface area contributed by atoms with Crippen LogP contribution in [0.5, 0.6) is 17.2 Å². The minimum Gasteiger partial charge on any atom is -0.496 e. The molecule has 510 valence electrons. The Kier molecular flexibility index (Phi) is 21.1. The molecular weight excluding hydrogens is 1210 g/mol. The standard InChI is InChI=1S/C27H34N4O2.C27H34N4O.C26H32N4O2/c1-18-23(30(2)16-17-32)11-10-22-25(18)27(29-26(28-22)20-8-9-20)31-14-12-19(13-15-31)21-6-4-5-7-24(21)33-3;1-4-16-30(2)23-10-7-9-22-25(23)28-26(20-12-13-20)29-27(22)31-17-14-19(15-18-31)21-8-5-6-11-24(21)32-3;1-29(16-17-31)22-8-5-7-21-24(22)27-25(19-10-11-19)28-26(21)30-14-12-18(13-15-30)20-6-3-4-9-23(20)32-2/h4-7,10-11,19-20,32H,8-9,12-17H2,1-3H3;5-11,19-20H,4,12-18H2,1-3H3;3-9,18-19,31H,10-17H2,1-2H3. The number of anilines is 6. The summed E-state index contributed by atoms with van der Waals surface area (Å²) in [5.74, 6) is 12.4. The Hall–Kier alpha value is -8.54. The quantitative estimate of drug-likeness (QED) is 0.0697. The summed E-state index contributed by atoms with van der Waals surface area (Å²) in [5.41, 5.74) is 11.7. The molecule has 15 rings (SSSR count). The SMILES string of the molecule is CCCN(C)c1cccc2c(N3CCC(c4ccccc4OC)CC3)nc(C3CC3)nc12.COc1ccccc1C1CCN(c2nc(C3CC3)nc3c(N(C)CCO)cccc23)CC1.COc1ccccc1C1CCN(c2nc(C3CC3)nc3ccc(N(C)CCO)c(C)c23)CC1. The van der Waals surface area contributed by atoms with Crippen LogP contribution in [-0.2, 0) is 0 Å². The number of methoxy groups -OCH3 is 3. The molecule has 9 aromatic rings. The van der Waals surface area contributed by atoms with Gasteiger partial charge in [0.1, 0.15) is 52.2 Å². The lowest BCUT2D eigenvalue weighted by atomic mass is 9.88. The van der Waals surface area contributed by atoms with E-state index in [1.54, 1.807) is 21.3 Å². The molecule has 6 heterocycles. The van der Waals surface area contributed by atoms with Crippen LogP contribution >= 0.6 is 0 Å². The normalized spacial score (nSPS) is 17.0. The molecule has 17 heteroatoms. The zero-order valence-corrected chi connectivity index (χ0v) is 58.5. The number of para-hydroxylation sites is 5. The van der Waals surface area contributed by atoms with E-state index in [0.717, 1.165) is 182 Å². The van der Waals surface area contributed by atoms with Crippen LogP contribution in [0.2, 0.25) is 0 Å². The molecule has 97 heavy (non-hydrogen) atoms. The van der Waals surface area contributed by atoms with Crippen LogP contribution in [-0.4, -0.2) is 155 Å². The minimum absolute atomic E-state index is 0.122. The summed E-state index contributed by atoms with van der Waals surface area (Å²) in [6.07, 6.45) is 14.8. The second-order valence-corrected chi connectivity index (χ2v) is 27.7. The van der Waals surface area contributed by atoms with E-state index in [4.69, 9.17) is 44.1 Å². The lowest BCUT2D eigenvalue weighted by Gasteiger charge is -2.34. The van der Waals surface area contributed by atoms with E-state index in [1.807, 2.05) is 26.2 Å². The Balaban J connectivity index is 0.000000131. The predicted molar refractivity (Wildman–Crippen MR) is 395 cm³/mol. The molecule has 0 radical (unpaired) electrons. The number of nitrogens with zero attached hydrogens (tertiary/aromatic N) is 12. The Bertz CT molecular complexity index is 3980. The molecule has 0 spiro atoms. The van der Waals surface area contributed by atoms with Gasteiger partial charge in [-0.25, -0.2) is 29.9 Å². The number of aryl methyl sites for hydroxylation is 1. The van der Waals surface area contributed by atoms with Gasteiger partial charge in [-0.15, -0.1) is 0 Å². The molecule has 0 unspecified atom stereocenters. The van der Waals surface area contributed by atoms with Crippen molar-refractivity contribution < 1.29 is 24.4 Å². The highest BCUT2D eigenvalue weighted by Crippen LogP contribution is 2.47. The van der Waals surface area contributed by atoms with Gasteiger partial charge in [0.2, 0.25) is 0 Å². The van der Waals surface area contributed by atoms with E-state index in [2.05, 4.69) is 159 Å². The van der Waals surface area contributed by atoms with Gasteiger partial charge in [-0.1, -0.05) is 73.7 Å². The van der Waals surface area contributed by atoms with Crippen molar-refractivity contribution in [3.63, 3.8) is 0 Å². The highest BCUT2D eigenvalue weighted by atomic mass is 16.5. The number of likely N-dealkylation sites (N-methyl/N-ethyl adjacent to an activating group) is 2. The van der Waals surface area contributed by atoms with Gasteiger partial charge in [0.05, 0.1) is 62.5 Å². The van der Waals surface area contributed by atoms with Gasteiger partial charge >= 0.3 is 0 Å². The summed E-state index contributed by atoms with van der Waals surface area (Å²) in [5, 5.41) is 22.3. The number of aromatic nitrogens is 6. The fourth-order valence-corrected chi connectivity index (χ4v) is 15.2. The highest BCUT2D eigenvalue weighted by Gasteiger charge is 2.35. The van der Waals surface area contributed by atoms with Crippen LogP contribution in [0.15, 0.2) is 121 Å². The number of piperidine rings is 3. The lowest BCUT2D eigenvalue weighted by Crippen LogP contribution is -2.34. The number of benzene rings is 6. The number of hydrogen-bond acceptors (Lipinski definition) is 17. The van der Waals surface area contributed by atoms with Crippen LogP contribution < -0.4 is 43.6 Å². The maximum absolute atomic E-state index is 9.45. The molecule has 0 amide bonds. The van der Waals surface area contributed by atoms with E-state index in [0.29, 0.717) is 48.6 Å². The molecule has 3 aromatic heterocycles. The molecular formula is C80H100N12O5. The Morgan fingerprint density at radius 2 is 0.753 bits per heavy atom. The van der Waals surface area contributed by atoms with E-state index in [1.165, 1.54) is 71.9 Å². The van der Waals surface area contributed by atoms with Crippen LogP contribution in [0.1, 0.15) is 166 Å². The summed E-state index contributed by atoms with van der Waals surface area (Å²) in [6.45, 7) is 12.7. The van der Waals surface area contributed by atoms with Gasteiger partial charge in [-0.2, -0.15) is 0 Å². The first-order chi connectivity index (χ1) is 47.5. The molecule has 6 aliphatic rings. The minimum atomic E-state index is 0.122. The molecule has 17 nitrogen and oxygen atoms in total. The van der Waals surface area contributed by atoms with Crippen molar-refractivity contribution in [1.82, 2.24) is 29.9 Å². The first-order valence-electron chi connectivity index (χ1n) is 35.9. The van der Waals surface area contributed by atoms with Crippen molar-refractivity contribution in [3.05, 3.63) is 161 Å². The van der Waals surface area contributed by atoms with Crippen molar-refractivity contribution in [2.45, 2.75) is 133 Å². The van der Waals surface area contributed by atoms with Gasteiger partial charge in [0.15, 0.2) is 0 Å². The van der Waals surface area contributed by atoms with Crippen LogP contribution in [0, 0.1) is 6.92 Å². The third kappa shape index (κ3) is 14.8. The Morgan fingerprint density at radius 1 is 0.392 bits per heavy atom. The topological polar surface area (TPSA) is 165 Å². The van der Waals surface area contributed by atoms with E-state index >= 15 is 0 Å². The zero-order chi connectivity index (χ0) is 67.1. The van der Waals surface area contributed by atoms with Crippen LogP contribution in [0.4, 0.5) is 34.5 Å². The van der Waals surface area contributed by atoms with Gasteiger partial charge in [-0.05, 0) is 185 Å². The average Bonchev–Trinajstić information content (AvgIpc) is 1.77. The molecule has 3 aliphatic heterocycles. The van der Waals surface area contributed by atoms with Crippen molar-refractivity contribution in [1.29, 1.82) is 0 Å². The number of rotatable bonds is 21. The molecule has 0 atom stereocenters. The van der Waals surface area contributed by atoms with Gasteiger partial charge in [0, 0.05) is 120 Å². The Labute approximate surface area is 573 Å². The van der Waals surface area contributed by atoms with Gasteiger partial charge in [-0.3, -0.25) is 0 Å². The van der Waals surface area contributed by atoms with Gasteiger partial charge < -0.3 is 53.8 Å². The molecule has 3 saturated carbocycles. The second kappa shape index (κ2) is 30.5. The summed E-state index contributed by atoms with van der Waals surface area (Å²) < 4.78 is 16.9. The second-order valence-electron chi connectivity index (χ2n) is 27.7. The van der Waals surface area contributed by atoms with Crippen LogP contribution in [0.25, 0.3) is 32.7 Å². The number of ether oxygens (including phenoxy) is 3. The van der Waals surface area contributed by atoms with E-state index < -0.39 is 0 Å². The largest absolute Gasteiger partial charge is 0.496 e. The highest BCUT2D eigenvalue weighted by molar-refractivity contribution is 5.99. The first-order valence-corrected chi connectivity index (χ1v) is 35.9. The fourth-order valence-electron chi connectivity index (χ4n) is 15.2. The van der Waals surface area contributed by atoms with Crippen molar-refractivity contribution in [3.8, 4) is 17.2 Å². The molecule has 6 fully saturated rings. The smallest absolute Gasteiger partial charge is 0.140 e. The van der Waals surface area contributed by atoms with Crippen molar-refractivity contribution in [2.75, 3.05) is 144 Å². The third-order valence-electron chi connectivity index (χ3n) is 21.1. The molecule has 3 saturated heterocycles. The summed E-state index contributed by atoms with van der Waals surface area (Å²) in [4.78, 5) is 44.4. The lowest BCUT2D eigenvalue weighted by molar-refractivity contribution is 0.304. The number of aliphatic hydroxyl groups is 2. The molecule has 3 aliphatic carbocycles. The monoisotopic (exact) mass is 1310 g/mol. The third-order valence-corrected chi connectivity index (χ3v) is 21.1. The molecule has 0 bridgehead atoms. The molecule has 2 N–H and O–H groups in total. The summed E-state index contributed by atoms with van der Waals surface area (Å²) in [6, 6.07) is 42.5. The van der Waals surface area contributed by atoms with E-state index in [9.17, 15) is 10.2 Å². The average molecular weight is 1310 g/mol. The fraction of sp³-hybridized carbons (Fsp3) is 0.475. The summed E-state index contributed by atoms with van der Waals surface area (Å²) in [7, 11) is 11.5. The maximum Gasteiger partial charge on any atom is 0.140 e. The number of hydrogen-bond donors (Lipinski definition) is 2. The molecule has 6 aromatic carbocycles.